The molecule has 0 saturated carbocycles. The standard InChI is InChI=1S/C11H24N2O2/c1-4-7-8-13(6-3)9-10(11(14)15)12-5-2/h10,12H,4-9H2,1-3H3,(H,14,15). The summed E-state index contributed by atoms with van der Waals surface area (Å²) in [5.41, 5.74) is 0. The Balaban J connectivity index is 4.03. The normalized spacial score (nSPS) is 13.1. The van der Waals surface area contributed by atoms with Crippen molar-refractivity contribution in [1.82, 2.24) is 10.2 Å². The van der Waals surface area contributed by atoms with Gasteiger partial charge >= 0.3 is 5.97 Å². The Hall–Kier alpha value is -0.610. The second-order valence-corrected chi connectivity index (χ2v) is 3.70. The molecule has 0 bridgehead atoms. The predicted octanol–water partition coefficient (Wildman–Crippen LogP) is 1.17. The molecule has 0 aliphatic carbocycles. The summed E-state index contributed by atoms with van der Waals surface area (Å²) >= 11 is 0. The van der Waals surface area contributed by atoms with Gasteiger partial charge < -0.3 is 15.3 Å². The van der Waals surface area contributed by atoms with Crippen LogP contribution in [0, 0.1) is 0 Å². The fourth-order valence-electron chi connectivity index (χ4n) is 1.49. The third-order valence-corrected chi connectivity index (χ3v) is 2.46. The van der Waals surface area contributed by atoms with E-state index in [4.69, 9.17) is 5.11 Å². The Morgan fingerprint density at radius 1 is 1.40 bits per heavy atom. The van der Waals surface area contributed by atoms with E-state index in [1.165, 1.54) is 0 Å². The van der Waals surface area contributed by atoms with Crippen LogP contribution in [0.25, 0.3) is 0 Å². The van der Waals surface area contributed by atoms with E-state index in [-0.39, 0.29) is 0 Å². The van der Waals surface area contributed by atoms with E-state index in [1.807, 2.05) is 6.92 Å². The molecule has 0 amide bonds. The van der Waals surface area contributed by atoms with Crippen molar-refractivity contribution in [3.8, 4) is 0 Å². The van der Waals surface area contributed by atoms with Crippen LogP contribution in [0.5, 0.6) is 0 Å². The van der Waals surface area contributed by atoms with E-state index in [2.05, 4.69) is 24.1 Å². The monoisotopic (exact) mass is 216 g/mol. The number of carboxylic acids is 1. The topological polar surface area (TPSA) is 52.6 Å². The summed E-state index contributed by atoms with van der Waals surface area (Å²) in [4.78, 5) is 13.1. The number of carboxylic acid groups (broad SMARTS) is 1. The molecule has 0 aromatic heterocycles. The summed E-state index contributed by atoms with van der Waals surface area (Å²) in [6.07, 6.45) is 2.28. The number of nitrogens with zero attached hydrogens (tertiary/aromatic N) is 1. The molecule has 1 unspecified atom stereocenters. The van der Waals surface area contributed by atoms with Crippen LogP contribution in [0.4, 0.5) is 0 Å². The average Bonchev–Trinajstić information content (AvgIpc) is 2.22. The zero-order valence-electron chi connectivity index (χ0n) is 10.1. The van der Waals surface area contributed by atoms with Gasteiger partial charge in [-0.15, -0.1) is 0 Å². The maximum atomic E-state index is 10.9. The first-order valence-corrected chi connectivity index (χ1v) is 5.84. The van der Waals surface area contributed by atoms with Crippen molar-refractivity contribution in [2.24, 2.45) is 0 Å². The Morgan fingerprint density at radius 3 is 2.47 bits per heavy atom. The zero-order valence-corrected chi connectivity index (χ0v) is 10.1. The second kappa shape index (κ2) is 8.68. The zero-order chi connectivity index (χ0) is 11.7. The van der Waals surface area contributed by atoms with E-state index in [0.717, 1.165) is 25.9 Å². The molecule has 4 heteroatoms. The van der Waals surface area contributed by atoms with Gasteiger partial charge in [-0.25, -0.2) is 0 Å². The summed E-state index contributed by atoms with van der Waals surface area (Å²) in [5.74, 6) is -0.758. The molecule has 0 aromatic carbocycles. The lowest BCUT2D eigenvalue weighted by Crippen LogP contribution is -2.46. The van der Waals surface area contributed by atoms with Gasteiger partial charge in [-0.1, -0.05) is 27.2 Å². The molecular formula is C11H24N2O2. The van der Waals surface area contributed by atoms with Gasteiger partial charge in [-0.3, -0.25) is 4.79 Å². The first-order valence-electron chi connectivity index (χ1n) is 5.84. The highest BCUT2D eigenvalue weighted by molar-refractivity contribution is 5.73. The van der Waals surface area contributed by atoms with Gasteiger partial charge in [0.1, 0.15) is 6.04 Å². The molecule has 0 rings (SSSR count). The molecule has 0 fully saturated rings. The number of likely N-dealkylation sites (N-methyl/N-ethyl adjacent to an activating group) is 2. The van der Waals surface area contributed by atoms with Gasteiger partial charge in [-0.05, 0) is 26.1 Å². The summed E-state index contributed by atoms with van der Waals surface area (Å²) in [7, 11) is 0. The van der Waals surface area contributed by atoms with Crippen LogP contribution in [-0.4, -0.2) is 48.2 Å². The quantitative estimate of drug-likeness (QED) is 0.607. The lowest BCUT2D eigenvalue weighted by atomic mass is 10.2. The number of aliphatic carboxylic acids is 1. The second-order valence-electron chi connectivity index (χ2n) is 3.70. The van der Waals surface area contributed by atoms with E-state index < -0.39 is 12.0 Å². The summed E-state index contributed by atoms with van der Waals surface area (Å²) in [6, 6.07) is -0.438. The highest BCUT2D eigenvalue weighted by atomic mass is 16.4. The number of hydrogen-bond donors (Lipinski definition) is 2. The van der Waals surface area contributed by atoms with E-state index in [0.29, 0.717) is 13.1 Å². The molecule has 0 aromatic rings. The molecule has 0 aliphatic rings. The lowest BCUT2D eigenvalue weighted by molar-refractivity contribution is -0.140. The largest absolute Gasteiger partial charge is 0.480 e. The van der Waals surface area contributed by atoms with Crippen LogP contribution in [-0.2, 0) is 4.79 Å². The Morgan fingerprint density at radius 2 is 2.07 bits per heavy atom. The van der Waals surface area contributed by atoms with Crippen molar-refractivity contribution in [1.29, 1.82) is 0 Å². The van der Waals surface area contributed by atoms with Crippen molar-refractivity contribution in [2.45, 2.75) is 39.7 Å². The third-order valence-electron chi connectivity index (χ3n) is 2.46. The first-order chi connectivity index (χ1) is 7.15. The molecule has 90 valence electrons. The minimum atomic E-state index is -0.758. The van der Waals surface area contributed by atoms with Crippen molar-refractivity contribution >= 4 is 5.97 Å². The van der Waals surface area contributed by atoms with Crippen molar-refractivity contribution in [2.75, 3.05) is 26.2 Å². The fourth-order valence-corrected chi connectivity index (χ4v) is 1.49. The maximum Gasteiger partial charge on any atom is 0.322 e. The van der Waals surface area contributed by atoms with Gasteiger partial charge in [0.15, 0.2) is 0 Å². The summed E-state index contributed by atoms with van der Waals surface area (Å²) in [5, 5.41) is 12.0. The van der Waals surface area contributed by atoms with Gasteiger partial charge in [0.05, 0.1) is 0 Å². The fraction of sp³-hybridized carbons (Fsp3) is 0.909. The number of hydrogen-bond acceptors (Lipinski definition) is 3. The molecule has 0 saturated heterocycles. The van der Waals surface area contributed by atoms with Crippen LogP contribution in [0.2, 0.25) is 0 Å². The third kappa shape index (κ3) is 6.47. The first kappa shape index (κ1) is 14.4. The van der Waals surface area contributed by atoms with Crippen molar-refractivity contribution in [3.63, 3.8) is 0 Å². The van der Waals surface area contributed by atoms with E-state index in [9.17, 15) is 4.79 Å². The van der Waals surface area contributed by atoms with Crippen LogP contribution in [0.3, 0.4) is 0 Å². The molecule has 15 heavy (non-hydrogen) atoms. The Kier molecular flexibility index (Phi) is 8.33. The smallest absolute Gasteiger partial charge is 0.322 e. The molecule has 4 nitrogen and oxygen atoms in total. The van der Waals surface area contributed by atoms with E-state index in [1.54, 1.807) is 0 Å². The average molecular weight is 216 g/mol. The number of carbonyl (C=O) groups is 1. The van der Waals surface area contributed by atoms with E-state index >= 15 is 0 Å². The number of rotatable bonds is 9. The molecule has 1 atom stereocenters. The maximum absolute atomic E-state index is 10.9. The van der Waals surface area contributed by atoms with Crippen LogP contribution >= 0.6 is 0 Å². The molecular weight excluding hydrogens is 192 g/mol. The summed E-state index contributed by atoms with van der Waals surface area (Å²) < 4.78 is 0. The Labute approximate surface area is 92.7 Å². The van der Waals surface area contributed by atoms with Crippen LogP contribution in [0.15, 0.2) is 0 Å². The molecule has 0 heterocycles. The minimum absolute atomic E-state index is 0.438. The lowest BCUT2D eigenvalue weighted by Gasteiger charge is -2.24. The van der Waals surface area contributed by atoms with Gasteiger partial charge in [0.25, 0.3) is 0 Å². The van der Waals surface area contributed by atoms with Crippen molar-refractivity contribution in [3.05, 3.63) is 0 Å². The number of nitrogens with one attached hydrogen (secondary N) is 1. The molecule has 0 spiro atoms. The highest BCUT2D eigenvalue weighted by Crippen LogP contribution is 1.97. The molecule has 0 aliphatic heterocycles. The number of unbranched alkanes of at least 4 members (excludes halogenated alkanes) is 1. The highest BCUT2D eigenvalue weighted by Gasteiger charge is 2.18. The van der Waals surface area contributed by atoms with Gasteiger partial charge in [-0.2, -0.15) is 0 Å². The predicted molar refractivity (Wildman–Crippen MR) is 62.1 cm³/mol. The molecule has 2 N–H and O–H groups in total. The minimum Gasteiger partial charge on any atom is -0.480 e. The van der Waals surface area contributed by atoms with Crippen LogP contribution < -0.4 is 5.32 Å². The van der Waals surface area contributed by atoms with Gasteiger partial charge in [0, 0.05) is 6.54 Å². The Bertz CT molecular complexity index is 174. The van der Waals surface area contributed by atoms with Gasteiger partial charge in [0.2, 0.25) is 0 Å². The van der Waals surface area contributed by atoms with Crippen LogP contribution in [0.1, 0.15) is 33.6 Å². The SMILES string of the molecule is CCCCN(CC)CC(NCC)C(=O)O. The van der Waals surface area contributed by atoms with Crippen molar-refractivity contribution < 1.29 is 9.90 Å². The summed E-state index contributed by atoms with van der Waals surface area (Å²) in [6.45, 7) is 9.34. The molecule has 0 radical (unpaired) electrons.